The van der Waals surface area contributed by atoms with Crippen molar-refractivity contribution in [2.75, 3.05) is 6.61 Å². The van der Waals surface area contributed by atoms with E-state index in [0.29, 0.717) is 23.0 Å². The predicted octanol–water partition coefficient (Wildman–Crippen LogP) is 3.01. The van der Waals surface area contributed by atoms with Crippen molar-refractivity contribution in [3.05, 3.63) is 76.7 Å². The van der Waals surface area contributed by atoms with E-state index in [1.54, 1.807) is 41.4 Å². The average Bonchev–Trinajstić information content (AvgIpc) is 3.20. The summed E-state index contributed by atoms with van der Waals surface area (Å²) >= 11 is 6.01. The number of hydrogen-bond acceptors (Lipinski definition) is 4. The number of fused-ring (bicyclic) bond motifs is 1. The average molecular weight is 367 g/mol. The van der Waals surface area contributed by atoms with Gasteiger partial charge in [-0.15, -0.1) is 0 Å². The molecule has 0 unspecified atom stereocenters. The maximum atomic E-state index is 12.5. The van der Waals surface area contributed by atoms with Gasteiger partial charge in [-0.25, -0.2) is 9.67 Å². The number of amides is 1. The van der Waals surface area contributed by atoms with Crippen LogP contribution in [-0.4, -0.2) is 27.3 Å². The summed E-state index contributed by atoms with van der Waals surface area (Å²) in [6.07, 6.45) is 6.99. The SMILES string of the molecule is O=C(NCc1cccnc1-n1cccn1)C1=Cc2cc(Cl)ccc2OC1. The number of benzene rings is 1. The second-order valence-electron chi connectivity index (χ2n) is 5.76. The summed E-state index contributed by atoms with van der Waals surface area (Å²) in [5.41, 5.74) is 2.21. The fraction of sp³-hybridized carbons (Fsp3) is 0.105. The lowest BCUT2D eigenvalue weighted by atomic mass is 10.1. The molecule has 0 radical (unpaired) electrons. The van der Waals surface area contributed by atoms with Gasteiger partial charge in [0.25, 0.3) is 5.91 Å². The minimum absolute atomic E-state index is 0.189. The third-order valence-corrected chi connectivity index (χ3v) is 4.24. The lowest BCUT2D eigenvalue weighted by molar-refractivity contribution is -0.117. The van der Waals surface area contributed by atoms with E-state index < -0.39 is 0 Å². The van der Waals surface area contributed by atoms with Gasteiger partial charge in [0.2, 0.25) is 0 Å². The zero-order chi connectivity index (χ0) is 17.9. The Morgan fingerprint density at radius 1 is 1.27 bits per heavy atom. The first kappa shape index (κ1) is 16.4. The van der Waals surface area contributed by atoms with Crippen LogP contribution in [0.1, 0.15) is 11.1 Å². The molecule has 2 aromatic heterocycles. The van der Waals surface area contributed by atoms with Crippen LogP contribution in [0, 0.1) is 0 Å². The van der Waals surface area contributed by atoms with Gasteiger partial charge in [0.1, 0.15) is 12.4 Å². The van der Waals surface area contributed by atoms with E-state index in [9.17, 15) is 4.79 Å². The molecule has 1 amide bonds. The molecule has 1 aliphatic heterocycles. The number of halogens is 1. The van der Waals surface area contributed by atoms with Crippen LogP contribution in [0.25, 0.3) is 11.9 Å². The molecule has 3 aromatic rings. The van der Waals surface area contributed by atoms with E-state index in [4.69, 9.17) is 16.3 Å². The molecular formula is C19H15ClN4O2. The fourth-order valence-electron chi connectivity index (χ4n) is 2.74. The summed E-state index contributed by atoms with van der Waals surface area (Å²) < 4.78 is 7.30. The fourth-order valence-corrected chi connectivity index (χ4v) is 2.92. The zero-order valence-electron chi connectivity index (χ0n) is 13.7. The molecular weight excluding hydrogens is 352 g/mol. The first-order valence-electron chi connectivity index (χ1n) is 8.06. The molecule has 1 N–H and O–H groups in total. The number of hydrogen-bond donors (Lipinski definition) is 1. The van der Waals surface area contributed by atoms with Gasteiger partial charge < -0.3 is 10.1 Å². The van der Waals surface area contributed by atoms with Crippen LogP contribution in [0.15, 0.2) is 60.6 Å². The van der Waals surface area contributed by atoms with E-state index in [2.05, 4.69) is 15.4 Å². The smallest absolute Gasteiger partial charge is 0.250 e. The van der Waals surface area contributed by atoms with Crippen LogP contribution in [0.4, 0.5) is 0 Å². The highest BCUT2D eigenvalue weighted by atomic mass is 35.5. The minimum Gasteiger partial charge on any atom is -0.488 e. The summed E-state index contributed by atoms with van der Waals surface area (Å²) in [5, 5.41) is 7.71. The molecule has 0 atom stereocenters. The number of pyridine rings is 1. The summed E-state index contributed by atoms with van der Waals surface area (Å²) in [4.78, 5) is 16.9. The first-order valence-corrected chi connectivity index (χ1v) is 8.43. The van der Waals surface area contributed by atoms with E-state index in [1.165, 1.54) is 0 Å². The number of ether oxygens (including phenoxy) is 1. The van der Waals surface area contributed by atoms with Crippen molar-refractivity contribution < 1.29 is 9.53 Å². The number of carbonyl (C=O) groups is 1. The van der Waals surface area contributed by atoms with Crippen molar-refractivity contribution in [2.45, 2.75) is 6.54 Å². The van der Waals surface area contributed by atoms with Crippen LogP contribution in [0.5, 0.6) is 5.75 Å². The quantitative estimate of drug-likeness (QED) is 0.770. The number of rotatable bonds is 4. The summed E-state index contributed by atoms with van der Waals surface area (Å²) in [6.45, 7) is 0.557. The largest absolute Gasteiger partial charge is 0.488 e. The third-order valence-electron chi connectivity index (χ3n) is 4.00. The number of nitrogens with one attached hydrogen (secondary N) is 1. The Labute approximate surface area is 155 Å². The van der Waals surface area contributed by atoms with Gasteiger partial charge in [0.15, 0.2) is 5.82 Å². The monoisotopic (exact) mass is 366 g/mol. The van der Waals surface area contributed by atoms with Crippen LogP contribution in [0.2, 0.25) is 5.02 Å². The summed E-state index contributed by atoms with van der Waals surface area (Å²) in [6, 6.07) is 10.9. The van der Waals surface area contributed by atoms with E-state index in [1.807, 2.05) is 24.4 Å². The molecule has 0 spiro atoms. The van der Waals surface area contributed by atoms with Gasteiger partial charge in [-0.05, 0) is 36.4 Å². The molecule has 0 saturated heterocycles. The molecule has 3 heterocycles. The topological polar surface area (TPSA) is 69.0 Å². The van der Waals surface area contributed by atoms with Crippen LogP contribution in [-0.2, 0) is 11.3 Å². The lowest BCUT2D eigenvalue weighted by Crippen LogP contribution is -2.28. The molecule has 26 heavy (non-hydrogen) atoms. The Morgan fingerprint density at radius 2 is 2.19 bits per heavy atom. The van der Waals surface area contributed by atoms with Gasteiger partial charge in [-0.2, -0.15) is 5.10 Å². The zero-order valence-corrected chi connectivity index (χ0v) is 14.5. The second kappa shape index (κ2) is 7.01. The molecule has 4 rings (SSSR count). The minimum atomic E-state index is -0.189. The van der Waals surface area contributed by atoms with Gasteiger partial charge in [0.05, 0.1) is 5.57 Å². The molecule has 0 bridgehead atoms. The molecule has 130 valence electrons. The maximum absolute atomic E-state index is 12.5. The third kappa shape index (κ3) is 3.32. The Morgan fingerprint density at radius 3 is 3.04 bits per heavy atom. The normalized spacial score (nSPS) is 12.7. The highest BCUT2D eigenvalue weighted by Gasteiger charge is 2.18. The van der Waals surface area contributed by atoms with Crippen molar-refractivity contribution in [3.63, 3.8) is 0 Å². The van der Waals surface area contributed by atoms with E-state index in [-0.39, 0.29) is 12.5 Å². The highest BCUT2D eigenvalue weighted by molar-refractivity contribution is 6.30. The molecule has 0 aliphatic carbocycles. The van der Waals surface area contributed by atoms with Crippen molar-refractivity contribution in [1.82, 2.24) is 20.1 Å². The lowest BCUT2D eigenvalue weighted by Gasteiger charge is -2.18. The Kier molecular flexibility index (Phi) is 4.41. The predicted molar refractivity (Wildman–Crippen MR) is 98.1 cm³/mol. The first-order chi connectivity index (χ1) is 12.7. The van der Waals surface area contributed by atoms with E-state index >= 15 is 0 Å². The maximum Gasteiger partial charge on any atom is 0.250 e. The van der Waals surface area contributed by atoms with Crippen molar-refractivity contribution in [3.8, 4) is 11.6 Å². The Hall–Kier alpha value is -3.12. The van der Waals surface area contributed by atoms with Crippen LogP contribution < -0.4 is 10.1 Å². The molecule has 6 nitrogen and oxygen atoms in total. The van der Waals surface area contributed by atoms with Crippen LogP contribution in [0.3, 0.4) is 0 Å². The van der Waals surface area contributed by atoms with Crippen molar-refractivity contribution in [2.24, 2.45) is 0 Å². The number of carbonyl (C=O) groups excluding carboxylic acids is 1. The summed E-state index contributed by atoms with van der Waals surface area (Å²) in [5.74, 6) is 1.22. The highest BCUT2D eigenvalue weighted by Crippen LogP contribution is 2.29. The van der Waals surface area contributed by atoms with E-state index in [0.717, 1.165) is 16.9 Å². The Balaban J connectivity index is 1.50. The molecule has 1 aliphatic rings. The molecule has 0 saturated carbocycles. The van der Waals surface area contributed by atoms with Gasteiger partial charge in [0, 0.05) is 41.3 Å². The standard InChI is InChI=1S/C19H15ClN4O2/c20-16-4-5-17-14(10-16)9-15(12-26-17)19(25)22-11-13-3-1-6-21-18(13)24-8-2-7-23-24/h1-10H,11-12H2,(H,22,25). The van der Waals surface area contributed by atoms with Gasteiger partial charge in [-0.1, -0.05) is 17.7 Å². The molecule has 1 aromatic carbocycles. The van der Waals surface area contributed by atoms with Gasteiger partial charge in [-0.3, -0.25) is 4.79 Å². The Bertz CT molecular complexity index is 983. The van der Waals surface area contributed by atoms with Crippen LogP contribution >= 0.6 is 11.6 Å². The number of aromatic nitrogens is 3. The number of nitrogens with zero attached hydrogens (tertiary/aromatic N) is 3. The summed E-state index contributed by atoms with van der Waals surface area (Å²) in [7, 11) is 0. The second-order valence-corrected chi connectivity index (χ2v) is 6.20. The molecule has 7 heteroatoms. The van der Waals surface area contributed by atoms with Gasteiger partial charge >= 0.3 is 0 Å². The van der Waals surface area contributed by atoms with Crippen molar-refractivity contribution in [1.29, 1.82) is 0 Å². The molecule has 0 fully saturated rings. The van der Waals surface area contributed by atoms with Crippen molar-refractivity contribution >= 4 is 23.6 Å².